The quantitative estimate of drug-likeness (QED) is 0.421. The van der Waals surface area contributed by atoms with Crippen molar-refractivity contribution < 1.29 is 9.53 Å². The van der Waals surface area contributed by atoms with E-state index in [0.29, 0.717) is 23.7 Å². The maximum Gasteiger partial charge on any atom is 0.333 e. The number of pyridine rings is 2. The summed E-state index contributed by atoms with van der Waals surface area (Å²) in [6.45, 7) is 5.61. The van der Waals surface area contributed by atoms with Gasteiger partial charge in [0.15, 0.2) is 0 Å². The summed E-state index contributed by atoms with van der Waals surface area (Å²) in [5, 5.41) is 8.03. The van der Waals surface area contributed by atoms with Crippen LogP contribution in [0.25, 0.3) is 38.8 Å². The zero-order chi connectivity index (χ0) is 24.9. The van der Waals surface area contributed by atoms with E-state index >= 15 is 0 Å². The Balaban J connectivity index is 1.77. The molecule has 10 heteroatoms. The number of nitrogens with one attached hydrogen (secondary N) is 1. The number of anilines is 1. The van der Waals surface area contributed by atoms with Gasteiger partial charge in [-0.2, -0.15) is 5.10 Å². The molecule has 5 rings (SSSR count). The first-order valence-electron chi connectivity index (χ1n) is 11.2. The standard InChI is InChI=1S/C25H25N7O3/c1-6-35-24-20(28-15(3)33)10-17(11-27-24)16-7-8-19-18(9-16)23-21(12-26-19)31(5)25(34)32(23)22-13-30(4)29-14(22)2/h7-13H,6H2,1-5H3,(H,28,33). The van der Waals surface area contributed by atoms with E-state index in [2.05, 4.69) is 20.4 Å². The Morgan fingerprint density at radius 2 is 1.91 bits per heavy atom. The number of rotatable bonds is 5. The van der Waals surface area contributed by atoms with Gasteiger partial charge in [0.05, 0.1) is 40.7 Å². The molecule has 0 unspecified atom stereocenters. The number of aryl methyl sites for hydroxylation is 3. The summed E-state index contributed by atoms with van der Waals surface area (Å²) in [6, 6.07) is 7.67. The van der Waals surface area contributed by atoms with Crippen molar-refractivity contribution >= 4 is 33.5 Å². The van der Waals surface area contributed by atoms with Crippen LogP contribution in [0.2, 0.25) is 0 Å². The lowest BCUT2D eigenvalue weighted by atomic mass is 10.0. The number of carbonyl (C=O) groups is 1. The molecule has 5 aromatic rings. The Morgan fingerprint density at radius 3 is 2.60 bits per heavy atom. The molecule has 0 atom stereocenters. The first-order valence-corrected chi connectivity index (χ1v) is 11.2. The van der Waals surface area contributed by atoms with Crippen LogP contribution in [0.15, 0.2) is 47.7 Å². The molecule has 4 aromatic heterocycles. The van der Waals surface area contributed by atoms with Crippen molar-refractivity contribution in [2.24, 2.45) is 14.1 Å². The van der Waals surface area contributed by atoms with Gasteiger partial charge in [-0.15, -0.1) is 0 Å². The van der Waals surface area contributed by atoms with Crippen molar-refractivity contribution in [3.05, 3.63) is 59.0 Å². The van der Waals surface area contributed by atoms with Crippen molar-refractivity contribution in [2.75, 3.05) is 11.9 Å². The Morgan fingerprint density at radius 1 is 1.11 bits per heavy atom. The smallest absolute Gasteiger partial charge is 0.333 e. The minimum atomic E-state index is -0.213. The molecule has 0 spiro atoms. The number of hydrogen-bond donors (Lipinski definition) is 1. The van der Waals surface area contributed by atoms with E-state index in [4.69, 9.17) is 4.74 Å². The molecule has 0 aliphatic heterocycles. The first kappa shape index (κ1) is 22.3. The molecule has 0 fully saturated rings. The molecule has 0 aliphatic rings. The molecule has 1 aromatic carbocycles. The van der Waals surface area contributed by atoms with Crippen LogP contribution < -0.4 is 15.7 Å². The monoisotopic (exact) mass is 471 g/mol. The molecule has 0 radical (unpaired) electrons. The lowest BCUT2D eigenvalue weighted by Gasteiger charge is -2.12. The second kappa shape index (κ2) is 8.39. The van der Waals surface area contributed by atoms with Gasteiger partial charge in [-0.05, 0) is 37.6 Å². The van der Waals surface area contributed by atoms with E-state index in [1.807, 2.05) is 51.4 Å². The molecule has 0 saturated heterocycles. The van der Waals surface area contributed by atoms with Gasteiger partial charge in [0, 0.05) is 44.4 Å². The van der Waals surface area contributed by atoms with E-state index in [9.17, 15) is 9.59 Å². The highest BCUT2D eigenvalue weighted by molar-refractivity contribution is 6.04. The number of amides is 1. The maximum absolute atomic E-state index is 13.3. The number of fused-ring (bicyclic) bond motifs is 3. The van der Waals surface area contributed by atoms with Crippen LogP contribution >= 0.6 is 0 Å². The van der Waals surface area contributed by atoms with Crippen LogP contribution in [-0.2, 0) is 18.9 Å². The number of aromatic nitrogens is 6. The molecule has 1 N–H and O–H groups in total. The molecular weight excluding hydrogens is 446 g/mol. The number of benzene rings is 1. The van der Waals surface area contributed by atoms with E-state index in [-0.39, 0.29) is 11.6 Å². The van der Waals surface area contributed by atoms with Crippen LogP contribution in [0.4, 0.5) is 5.69 Å². The van der Waals surface area contributed by atoms with Crippen LogP contribution in [-0.4, -0.2) is 41.4 Å². The van der Waals surface area contributed by atoms with Gasteiger partial charge in [0.1, 0.15) is 5.69 Å². The lowest BCUT2D eigenvalue weighted by Crippen LogP contribution is -2.21. The van der Waals surface area contributed by atoms with Gasteiger partial charge in [-0.1, -0.05) is 6.07 Å². The highest BCUT2D eigenvalue weighted by Crippen LogP contribution is 2.33. The van der Waals surface area contributed by atoms with E-state index in [0.717, 1.165) is 38.9 Å². The zero-order valence-electron chi connectivity index (χ0n) is 20.2. The van der Waals surface area contributed by atoms with Gasteiger partial charge in [0.2, 0.25) is 11.8 Å². The average Bonchev–Trinajstić information content (AvgIpc) is 3.29. The maximum atomic E-state index is 13.3. The van der Waals surface area contributed by atoms with Crippen LogP contribution in [0.3, 0.4) is 0 Å². The number of nitrogens with zero attached hydrogens (tertiary/aromatic N) is 6. The SMILES string of the molecule is CCOc1ncc(-c2ccc3ncc4c(c3c2)n(-c2cn(C)nc2C)c(=O)n4C)cc1NC(C)=O. The Hall–Kier alpha value is -4.47. The number of hydrogen-bond acceptors (Lipinski definition) is 6. The lowest BCUT2D eigenvalue weighted by molar-refractivity contribution is -0.114. The van der Waals surface area contributed by atoms with Gasteiger partial charge >= 0.3 is 5.69 Å². The third-order valence-electron chi connectivity index (χ3n) is 5.89. The minimum absolute atomic E-state index is 0.175. The largest absolute Gasteiger partial charge is 0.476 e. The third-order valence-corrected chi connectivity index (χ3v) is 5.89. The predicted molar refractivity (Wildman–Crippen MR) is 134 cm³/mol. The fourth-order valence-electron chi connectivity index (χ4n) is 4.35. The van der Waals surface area contributed by atoms with Crippen LogP contribution in [0, 0.1) is 6.92 Å². The summed E-state index contributed by atoms with van der Waals surface area (Å²) in [6.07, 6.45) is 5.25. The molecule has 4 heterocycles. The van der Waals surface area contributed by atoms with Gasteiger partial charge in [0.25, 0.3) is 0 Å². The number of ether oxygens (including phenoxy) is 1. The van der Waals surface area contributed by atoms with Gasteiger partial charge in [-0.3, -0.25) is 23.6 Å². The second-order valence-electron chi connectivity index (χ2n) is 8.37. The molecule has 10 nitrogen and oxygen atoms in total. The fraction of sp³-hybridized carbons (Fsp3) is 0.240. The summed E-state index contributed by atoms with van der Waals surface area (Å²) in [7, 11) is 3.57. The fourth-order valence-corrected chi connectivity index (χ4v) is 4.35. The summed E-state index contributed by atoms with van der Waals surface area (Å²) < 4.78 is 10.5. The van der Waals surface area contributed by atoms with Gasteiger partial charge in [-0.25, -0.2) is 9.78 Å². The summed E-state index contributed by atoms with van der Waals surface area (Å²) in [4.78, 5) is 34.0. The predicted octanol–water partition coefficient (Wildman–Crippen LogP) is 3.34. The summed E-state index contributed by atoms with van der Waals surface area (Å²) in [5.74, 6) is 0.148. The molecule has 1 amide bonds. The topological polar surface area (TPSA) is 109 Å². The van der Waals surface area contributed by atoms with Crippen LogP contribution in [0.1, 0.15) is 19.5 Å². The molecule has 0 aliphatic carbocycles. The third kappa shape index (κ3) is 3.72. The van der Waals surface area contributed by atoms with Gasteiger partial charge < -0.3 is 10.1 Å². The minimum Gasteiger partial charge on any atom is -0.476 e. The van der Waals surface area contributed by atoms with Crippen molar-refractivity contribution in [3.8, 4) is 22.7 Å². The Labute approximate surface area is 200 Å². The Kier molecular flexibility index (Phi) is 5.35. The number of imidazole rings is 1. The zero-order valence-corrected chi connectivity index (χ0v) is 20.2. The Bertz CT molecular complexity index is 1680. The summed E-state index contributed by atoms with van der Waals surface area (Å²) in [5.41, 5.74) is 5.66. The summed E-state index contributed by atoms with van der Waals surface area (Å²) >= 11 is 0. The van der Waals surface area contributed by atoms with E-state index in [1.165, 1.54) is 6.92 Å². The van der Waals surface area contributed by atoms with Crippen molar-refractivity contribution in [1.29, 1.82) is 0 Å². The highest BCUT2D eigenvalue weighted by Gasteiger charge is 2.19. The van der Waals surface area contributed by atoms with Crippen molar-refractivity contribution in [2.45, 2.75) is 20.8 Å². The number of carbonyl (C=O) groups excluding carboxylic acids is 1. The molecular formula is C25H25N7O3. The van der Waals surface area contributed by atoms with E-state index in [1.54, 1.807) is 33.3 Å². The normalized spacial score (nSPS) is 11.3. The highest BCUT2D eigenvalue weighted by atomic mass is 16.5. The second-order valence-corrected chi connectivity index (χ2v) is 8.37. The average molecular weight is 472 g/mol. The van der Waals surface area contributed by atoms with Crippen LogP contribution in [0.5, 0.6) is 5.88 Å². The van der Waals surface area contributed by atoms with Crippen molar-refractivity contribution in [3.63, 3.8) is 0 Å². The van der Waals surface area contributed by atoms with E-state index < -0.39 is 0 Å². The first-order chi connectivity index (χ1) is 16.8. The molecule has 35 heavy (non-hydrogen) atoms. The van der Waals surface area contributed by atoms with Crippen molar-refractivity contribution in [1.82, 2.24) is 28.9 Å². The molecule has 0 bridgehead atoms. The molecule has 178 valence electrons. The molecule has 0 saturated carbocycles.